The fourth-order valence-corrected chi connectivity index (χ4v) is 2.17. The zero-order chi connectivity index (χ0) is 11.5. The monoisotopic (exact) mass is 240 g/mol. The van der Waals surface area contributed by atoms with Crippen molar-refractivity contribution in [3.8, 4) is 0 Å². The number of hydrogen-bond donors (Lipinski definition) is 2. The molecule has 5 heteroatoms. The van der Waals surface area contributed by atoms with Gasteiger partial charge in [0.25, 0.3) is 0 Å². The highest BCUT2D eigenvalue weighted by molar-refractivity contribution is 6.31. The van der Waals surface area contributed by atoms with Gasteiger partial charge in [-0.1, -0.05) is 29.8 Å². The summed E-state index contributed by atoms with van der Waals surface area (Å²) >= 11 is 6.09. The number of nitrogens with zero attached hydrogens (tertiary/aromatic N) is 1. The van der Waals surface area contributed by atoms with Crippen LogP contribution in [0.25, 0.3) is 0 Å². The normalized spacial score (nSPS) is 21.1. The van der Waals surface area contributed by atoms with Gasteiger partial charge in [0.05, 0.1) is 12.6 Å². The molecular formula is C11H13ClN2O2. The number of carbonyl (C=O) groups excluding carboxylic acids is 1. The highest BCUT2D eigenvalue weighted by Gasteiger charge is 2.31. The predicted molar refractivity (Wildman–Crippen MR) is 60.7 cm³/mol. The molecule has 1 heterocycles. The Labute approximate surface area is 98.8 Å². The average Bonchev–Trinajstić information content (AvgIpc) is 2.61. The molecule has 0 saturated carbocycles. The molecule has 2 N–H and O–H groups in total. The van der Waals surface area contributed by atoms with Crippen LogP contribution in [-0.4, -0.2) is 29.2 Å². The Balaban J connectivity index is 2.25. The van der Waals surface area contributed by atoms with Crippen molar-refractivity contribution in [2.24, 2.45) is 0 Å². The molecule has 1 fully saturated rings. The van der Waals surface area contributed by atoms with Gasteiger partial charge in [0, 0.05) is 18.0 Å². The Morgan fingerprint density at radius 3 is 2.94 bits per heavy atom. The number of benzene rings is 1. The van der Waals surface area contributed by atoms with E-state index in [1.807, 2.05) is 18.2 Å². The van der Waals surface area contributed by atoms with Crippen molar-refractivity contribution in [2.45, 2.75) is 12.5 Å². The first-order valence-electron chi connectivity index (χ1n) is 5.14. The standard InChI is InChI=1S/C11H13ClN2O2/c12-9-4-2-1-3-8(9)10-7-11(16)13-14(10)5-6-15/h1-4,10,15H,5-7H2,(H,13,16). The van der Waals surface area contributed by atoms with E-state index in [1.54, 1.807) is 11.1 Å². The third-order valence-electron chi connectivity index (χ3n) is 2.63. The quantitative estimate of drug-likeness (QED) is 0.832. The van der Waals surface area contributed by atoms with Crippen LogP contribution in [0.3, 0.4) is 0 Å². The maximum Gasteiger partial charge on any atom is 0.236 e. The summed E-state index contributed by atoms with van der Waals surface area (Å²) in [6, 6.07) is 7.36. The molecule has 0 radical (unpaired) electrons. The van der Waals surface area contributed by atoms with Crippen molar-refractivity contribution in [1.29, 1.82) is 0 Å². The van der Waals surface area contributed by atoms with Gasteiger partial charge < -0.3 is 5.11 Å². The molecule has 1 aromatic carbocycles. The van der Waals surface area contributed by atoms with Crippen LogP contribution in [0.5, 0.6) is 0 Å². The van der Waals surface area contributed by atoms with Crippen LogP contribution >= 0.6 is 11.6 Å². The van der Waals surface area contributed by atoms with Crippen LogP contribution in [0.4, 0.5) is 0 Å². The number of carbonyl (C=O) groups is 1. The number of amides is 1. The predicted octanol–water partition coefficient (Wildman–Crippen LogP) is 1.11. The minimum Gasteiger partial charge on any atom is -0.395 e. The number of nitrogens with one attached hydrogen (secondary N) is 1. The van der Waals surface area contributed by atoms with Crippen LogP contribution in [0, 0.1) is 0 Å². The van der Waals surface area contributed by atoms with E-state index in [9.17, 15) is 4.79 Å². The summed E-state index contributed by atoms with van der Waals surface area (Å²) in [5, 5.41) is 11.3. The van der Waals surface area contributed by atoms with Gasteiger partial charge in [0.2, 0.25) is 5.91 Å². The van der Waals surface area contributed by atoms with Crippen molar-refractivity contribution in [3.05, 3.63) is 34.9 Å². The fraction of sp³-hybridized carbons (Fsp3) is 0.364. The van der Waals surface area contributed by atoms with Crippen LogP contribution in [-0.2, 0) is 4.79 Å². The average molecular weight is 241 g/mol. The van der Waals surface area contributed by atoms with Crippen molar-refractivity contribution in [3.63, 3.8) is 0 Å². The van der Waals surface area contributed by atoms with E-state index in [0.717, 1.165) is 5.56 Å². The Morgan fingerprint density at radius 2 is 2.25 bits per heavy atom. The van der Waals surface area contributed by atoms with Gasteiger partial charge >= 0.3 is 0 Å². The Bertz CT molecular complexity index is 397. The molecule has 1 aromatic rings. The summed E-state index contributed by atoms with van der Waals surface area (Å²) in [4.78, 5) is 11.3. The second kappa shape index (κ2) is 4.82. The second-order valence-electron chi connectivity index (χ2n) is 3.69. The van der Waals surface area contributed by atoms with Gasteiger partial charge in [-0.05, 0) is 11.6 Å². The van der Waals surface area contributed by atoms with E-state index in [-0.39, 0.29) is 18.6 Å². The maximum absolute atomic E-state index is 11.3. The van der Waals surface area contributed by atoms with Gasteiger partial charge in [0.1, 0.15) is 0 Å². The van der Waals surface area contributed by atoms with Crippen molar-refractivity contribution in [1.82, 2.24) is 10.4 Å². The van der Waals surface area contributed by atoms with E-state index in [0.29, 0.717) is 18.0 Å². The summed E-state index contributed by atoms with van der Waals surface area (Å²) in [5.41, 5.74) is 3.62. The fourth-order valence-electron chi connectivity index (χ4n) is 1.91. The van der Waals surface area contributed by atoms with Gasteiger partial charge in [-0.15, -0.1) is 0 Å². The molecule has 1 atom stereocenters. The largest absolute Gasteiger partial charge is 0.395 e. The van der Waals surface area contributed by atoms with E-state index in [4.69, 9.17) is 16.7 Å². The summed E-state index contributed by atoms with van der Waals surface area (Å²) < 4.78 is 0. The number of hydrogen-bond acceptors (Lipinski definition) is 3. The first-order valence-corrected chi connectivity index (χ1v) is 5.51. The molecule has 2 rings (SSSR count). The lowest BCUT2D eigenvalue weighted by Crippen LogP contribution is -2.36. The number of β-amino-alcohol motifs (C(OH)–C–C–N with tert-alkyl or cyclic N) is 1. The molecule has 0 spiro atoms. The lowest BCUT2D eigenvalue weighted by Gasteiger charge is -2.23. The molecular weight excluding hydrogens is 228 g/mol. The third-order valence-corrected chi connectivity index (χ3v) is 2.97. The smallest absolute Gasteiger partial charge is 0.236 e. The highest BCUT2D eigenvalue weighted by atomic mass is 35.5. The number of aliphatic hydroxyl groups is 1. The number of halogens is 1. The molecule has 4 nitrogen and oxygen atoms in total. The summed E-state index contributed by atoms with van der Waals surface area (Å²) in [7, 11) is 0. The number of hydrazine groups is 1. The van der Waals surface area contributed by atoms with Crippen LogP contribution in [0.2, 0.25) is 5.02 Å². The minimum atomic E-state index is -0.0895. The van der Waals surface area contributed by atoms with Crippen molar-refractivity contribution in [2.75, 3.05) is 13.2 Å². The van der Waals surface area contributed by atoms with Gasteiger partial charge in [0.15, 0.2) is 0 Å². The zero-order valence-corrected chi connectivity index (χ0v) is 9.44. The van der Waals surface area contributed by atoms with E-state index >= 15 is 0 Å². The van der Waals surface area contributed by atoms with Crippen LogP contribution < -0.4 is 5.43 Å². The molecule has 1 amide bonds. The number of rotatable bonds is 3. The molecule has 0 aromatic heterocycles. The molecule has 0 aliphatic carbocycles. The summed E-state index contributed by atoms with van der Waals surface area (Å²) in [6.45, 7) is 0.406. The Morgan fingerprint density at radius 1 is 1.50 bits per heavy atom. The molecule has 1 saturated heterocycles. The highest BCUT2D eigenvalue weighted by Crippen LogP contribution is 2.31. The van der Waals surface area contributed by atoms with E-state index in [2.05, 4.69) is 5.43 Å². The summed E-state index contributed by atoms with van der Waals surface area (Å²) in [5.74, 6) is -0.0432. The van der Waals surface area contributed by atoms with Crippen LogP contribution in [0.1, 0.15) is 18.0 Å². The first-order chi connectivity index (χ1) is 7.72. The van der Waals surface area contributed by atoms with Gasteiger partial charge in [-0.25, -0.2) is 5.01 Å². The Hall–Kier alpha value is -1.10. The molecule has 1 aliphatic rings. The zero-order valence-electron chi connectivity index (χ0n) is 8.69. The molecule has 86 valence electrons. The third kappa shape index (κ3) is 2.19. The topological polar surface area (TPSA) is 52.6 Å². The maximum atomic E-state index is 11.3. The van der Waals surface area contributed by atoms with Crippen molar-refractivity contribution < 1.29 is 9.90 Å². The lowest BCUT2D eigenvalue weighted by molar-refractivity contribution is -0.121. The SMILES string of the molecule is O=C1CC(c2ccccc2Cl)N(CCO)N1. The van der Waals surface area contributed by atoms with E-state index < -0.39 is 0 Å². The van der Waals surface area contributed by atoms with Crippen LogP contribution in [0.15, 0.2) is 24.3 Å². The minimum absolute atomic E-state index is 0.00122. The van der Waals surface area contributed by atoms with E-state index in [1.165, 1.54) is 0 Å². The molecule has 1 unspecified atom stereocenters. The molecule has 16 heavy (non-hydrogen) atoms. The molecule has 0 bridgehead atoms. The van der Waals surface area contributed by atoms with Gasteiger partial charge in [-0.3, -0.25) is 10.2 Å². The summed E-state index contributed by atoms with van der Waals surface area (Å²) in [6.07, 6.45) is 0.379. The Kier molecular flexibility index (Phi) is 3.43. The van der Waals surface area contributed by atoms with Crippen molar-refractivity contribution >= 4 is 17.5 Å². The second-order valence-corrected chi connectivity index (χ2v) is 4.10. The first kappa shape index (κ1) is 11.4. The lowest BCUT2D eigenvalue weighted by atomic mass is 10.0. The number of aliphatic hydroxyl groups excluding tert-OH is 1. The molecule has 1 aliphatic heterocycles. The van der Waals surface area contributed by atoms with Gasteiger partial charge in [-0.2, -0.15) is 0 Å².